The number of esters is 1. The Morgan fingerprint density at radius 2 is 1.90 bits per heavy atom. The van der Waals surface area contributed by atoms with Gasteiger partial charge in [0.15, 0.2) is 0 Å². The molecule has 3 N–H and O–H groups in total. The van der Waals surface area contributed by atoms with Gasteiger partial charge in [0.25, 0.3) is 0 Å². The highest BCUT2D eigenvalue weighted by Crippen LogP contribution is 2.21. The minimum Gasteiger partial charge on any atom is -0.480 e. The largest absolute Gasteiger partial charge is 0.480 e. The molecule has 0 aromatic carbocycles. The second-order valence-corrected chi connectivity index (χ2v) is 5.44. The van der Waals surface area contributed by atoms with Crippen molar-refractivity contribution in [3.8, 4) is 0 Å². The third-order valence-corrected chi connectivity index (χ3v) is 3.59. The van der Waals surface area contributed by atoms with E-state index in [4.69, 9.17) is 5.11 Å². The summed E-state index contributed by atoms with van der Waals surface area (Å²) in [6.45, 7) is 2.43. The normalized spacial score (nSPS) is 18.7. The molecule has 8 nitrogen and oxygen atoms in total. The van der Waals surface area contributed by atoms with Crippen molar-refractivity contribution >= 4 is 18.0 Å². The molecule has 0 radical (unpaired) electrons. The number of urea groups is 1. The monoisotopic (exact) mass is 302 g/mol. The Labute approximate surface area is 123 Å². The first-order valence-electron chi connectivity index (χ1n) is 6.82. The number of carboxylic acid groups (broad SMARTS) is 1. The molecule has 0 aromatic rings. The molecular formula is C13H22N2O6. The summed E-state index contributed by atoms with van der Waals surface area (Å²) >= 11 is 0. The predicted octanol–water partition coefficient (Wildman–Crippen LogP) is -0.0508. The summed E-state index contributed by atoms with van der Waals surface area (Å²) in [5.74, 6) is -1.72. The zero-order chi connectivity index (χ0) is 16.0. The predicted molar refractivity (Wildman–Crippen MR) is 72.6 cm³/mol. The fourth-order valence-corrected chi connectivity index (χ4v) is 2.05. The maximum Gasteiger partial charge on any atom is 0.326 e. The van der Waals surface area contributed by atoms with Gasteiger partial charge in [-0.1, -0.05) is 0 Å². The number of nitrogens with zero attached hydrogens (tertiary/aromatic N) is 1. The lowest BCUT2D eigenvalue weighted by Crippen LogP contribution is -2.52. The lowest BCUT2D eigenvalue weighted by Gasteiger charge is -2.36. The van der Waals surface area contributed by atoms with Gasteiger partial charge in [-0.2, -0.15) is 0 Å². The van der Waals surface area contributed by atoms with Gasteiger partial charge in [0, 0.05) is 19.5 Å². The van der Waals surface area contributed by atoms with Crippen LogP contribution in [0.1, 0.15) is 32.6 Å². The second-order valence-electron chi connectivity index (χ2n) is 5.44. The first-order chi connectivity index (χ1) is 9.75. The Hall–Kier alpha value is -1.83. The molecule has 0 spiro atoms. The number of aliphatic carboxylic acids is 1. The van der Waals surface area contributed by atoms with E-state index in [2.05, 4.69) is 10.1 Å². The molecule has 1 atom stereocenters. The molecule has 0 aromatic heterocycles. The molecule has 1 heterocycles. The fourth-order valence-electron chi connectivity index (χ4n) is 2.05. The smallest absolute Gasteiger partial charge is 0.326 e. The fraction of sp³-hybridized carbons (Fsp3) is 0.769. The first-order valence-corrected chi connectivity index (χ1v) is 6.82. The maximum absolute atomic E-state index is 12.0. The Morgan fingerprint density at radius 1 is 1.33 bits per heavy atom. The van der Waals surface area contributed by atoms with Crippen LogP contribution in [0, 0.1) is 0 Å². The van der Waals surface area contributed by atoms with Crippen LogP contribution in [-0.2, 0) is 14.3 Å². The third-order valence-electron chi connectivity index (χ3n) is 3.59. The molecule has 21 heavy (non-hydrogen) atoms. The van der Waals surface area contributed by atoms with Crippen molar-refractivity contribution in [1.29, 1.82) is 0 Å². The number of amides is 2. The lowest BCUT2D eigenvalue weighted by molar-refractivity contribution is -0.142. The number of hydrogen-bond donors (Lipinski definition) is 3. The van der Waals surface area contributed by atoms with Crippen LogP contribution in [0.25, 0.3) is 0 Å². The quantitative estimate of drug-likeness (QED) is 0.613. The zero-order valence-corrected chi connectivity index (χ0v) is 12.3. The van der Waals surface area contributed by atoms with Crippen LogP contribution < -0.4 is 5.32 Å². The molecule has 1 aliphatic heterocycles. The molecule has 1 saturated heterocycles. The molecule has 0 aliphatic carbocycles. The first kappa shape index (κ1) is 17.2. The Morgan fingerprint density at radius 3 is 2.38 bits per heavy atom. The molecule has 1 fully saturated rings. The maximum atomic E-state index is 12.0. The Kier molecular flexibility index (Phi) is 5.95. The summed E-state index contributed by atoms with van der Waals surface area (Å²) in [5.41, 5.74) is -0.784. The number of carboxylic acids is 1. The van der Waals surface area contributed by atoms with E-state index in [9.17, 15) is 19.5 Å². The molecule has 2 amide bonds. The topological polar surface area (TPSA) is 116 Å². The third kappa shape index (κ3) is 5.58. The minimum atomic E-state index is -1.20. The van der Waals surface area contributed by atoms with Gasteiger partial charge in [0.2, 0.25) is 0 Å². The van der Waals surface area contributed by atoms with Crippen LogP contribution in [0.2, 0.25) is 0 Å². The minimum absolute atomic E-state index is 0.0285. The molecule has 1 rings (SSSR count). The van der Waals surface area contributed by atoms with Crippen LogP contribution in [0.5, 0.6) is 0 Å². The number of carbonyl (C=O) groups is 3. The number of methoxy groups -OCH3 is 1. The van der Waals surface area contributed by atoms with E-state index >= 15 is 0 Å². The number of ether oxygens (including phenoxy) is 1. The molecule has 0 bridgehead atoms. The molecular weight excluding hydrogens is 280 g/mol. The van der Waals surface area contributed by atoms with Crippen LogP contribution >= 0.6 is 0 Å². The molecule has 1 aliphatic rings. The van der Waals surface area contributed by atoms with Crippen molar-refractivity contribution in [3.05, 3.63) is 0 Å². The lowest BCUT2D eigenvalue weighted by atomic mass is 9.94. The van der Waals surface area contributed by atoms with E-state index in [0.717, 1.165) is 0 Å². The number of hydrogen-bond acceptors (Lipinski definition) is 5. The summed E-state index contributed by atoms with van der Waals surface area (Å²) < 4.78 is 4.44. The Bertz CT molecular complexity index is 399. The van der Waals surface area contributed by atoms with E-state index < -0.39 is 29.6 Å². The van der Waals surface area contributed by atoms with Gasteiger partial charge in [0.05, 0.1) is 12.7 Å². The van der Waals surface area contributed by atoms with Crippen LogP contribution in [0.3, 0.4) is 0 Å². The standard InChI is InChI=1S/C13H22N2O6/c1-13(20)5-7-15(8-6-13)12(19)14-9(11(17)18)3-4-10(16)21-2/h9,20H,3-8H2,1-2H3,(H,14,19)(H,17,18)/t9-/m1/s1. The highest BCUT2D eigenvalue weighted by Gasteiger charge is 2.31. The van der Waals surface area contributed by atoms with E-state index in [1.165, 1.54) is 12.0 Å². The van der Waals surface area contributed by atoms with Crippen LogP contribution in [0.15, 0.2) is 0 Å². The number of likely N-dealkylation sites (tertiary alicyclic amines) is 1. The van der Waals surface area contributed by atoms with E-state index in [0.29, 0.717) is 25.9 Å². The highest BCUT2D eigenvalue weighted by atomic mass is 16.5. The average Bonchev–Trinajstić information content (AvgIpc) is 2.42. The average molecular weight is 302 g/mol. The number of rotatable bonds is 5. The van der Waals surface area contributed by atoms with Crippen molar-refractivity contribution < 1.29 is 29.3 Å². The highest BCUT2D eigenvalue weighted by molar-refractivity contribution is 5.83. The van der Waals surface area contributed by atoms with Gasteiger partial charge in [-0.3, -0.25) is 4.79 Å². The van der Waals surface area contributed by atoms with Gasteiger partial charge in [-0.05, 0) is 26.2 Å². The summed E-state index contributed by atoms with van der Waals surface area (Å²) in [5, 5.41) is 21.3. The van der Waals surface area contributed by atoms with Crippen molar-refractivity contribution in [3.63, 3.8) is 0 Å². The summed E-state index contributed by atoms with van der Waals surface area (Å²) in [7, 11) is 1.22. The van der Waals surface area contributed by atoms with Gasteiger partial charge in [-0.25, -0.2) is 9.59 Å². The SMILES string of the molecule is COC(=O)CC[C@@H](NC(=O)N1CCC(C)(O)CC1)C(=O)O. The second kappa shape index (κ2) is 7.26. The van der Waals surface area contributed by atoms with Gasteiger partial charge in [-0.15, -0.1) is 0 Å². The van der Waals surface area contributed by atoms with Crippen molar-refractivity contribution in [2.75, 3.05) is 20.2 Å². The van der Waals surface area contributed by atoms with Crippen molar-refractivity contribution in [2.24, 2.45) is 0 Å². The zero-order valence-electron chi connectivity index (χ0n) is 12.3. The summed E-state index contributed by atoms with van der Waals surface area (Å²) in [6, 6.07) is -1.64. The van der Waals surface area contributed by atoms with Crippen molar-refractivity contribution in [2.45, 2.75) is 44.2 Å². The number of aliphatic hydroxyl groups is 1. The number of piperidine rings is 1. The molecule has 0 saturated carbocycles. The number of nitrogens with one attached hydrogen (secondary N) is 1. The van der Waals surface area contributed by atoms with Crippen molar-refractivity contribution in [1.82, 2.24) is 10.2 Å². The molecule has 0 unspecified atom stereocenters. The molecule has 120 valence electrons. The number of carbonyl (C=O) groups excluding carboxylic acids is 2. The summed E-state index contributed by atoms with van der Waals surface area (Å²) in [6.07, 6.45) is 0.780. The van der Waals surface area contributed by atoms with Gasteiger partial charge in [0.1, 0.15) is 6.04 Å². The van der Waals surface area contributed by atoms with Crippen LogP contribution in [-0.4, -0.2) is 64.9 Å². The summed E-state index contributed by atoms with van der Waals surface area (Å²) in [4.78, 5) is 35.6. The van der Waals surface area contributed by atoms with Gasteiger partial charge < -0.3 is 25.2 Å². The molecule has 8 heteroatoms. The van der Waals surface area contributed by atoms with E-state index in [-0.39, 0.29) is 12.8 Å². The van der Waals surface area contributed by atoms with Crippen LogP contribution in [0.4, 0.5) is 4.79 Å². The Balaban J connectivity index is 2.49. The van der Waals surface area contributed by atoms with E-state index in [1.54, 1.807) is 6.92 Å². The van der Waals surface area contributed by atoms with Gasteiger partial charge >= 0.3 is 18.0 Å². The van der Waals surface area contributed by atoms with E-state index in [1.807, 2.05) is 0 Å².